The number of hydrogen-bond donors (Lipinski definition) is 4. The number of carboxylic acid groups (broad SMARTS) is 1. The zero-order valence-corrected chi connectivity index (χ0v) is 10.3. The minimum Gasteiger partial charge on any atom is -0.481 e. The largest absolute Gasteiger partial charge is 0.481 e. The summed E-state index contributed by atoms with van der Waals surface area (Å²) in [5.74, 6) is -2.87. The summed E-state index contributed by atoms with van der Waals surface area (Å²) in [5.41, 5.74) is 5.31. The number of carbonyl (C=O) groups excluding carboxylic acids is 2. The molecule has 0 aromatic carbocycles. The van der Waals surface area contributed by atoms with Crippen molar-refractivity contribution in [3.05, 3.63) is 0 Å². The molecule has 0 saturated heterocycles. The molecule has 8 heteroatoms. The molecule has 0 heterocycles. The van der Waals surface area contributed by atoms with Crippen LogP contribution in [-0.4, -0.2) is 52.9 Å². The van der Waals surface area contributed by atoms with Crippen LogP contribution in [0.25, 0.3) is 0 Å². The van der Waals surface area contributed by atoms with Crippen LogP contribution in [0.1, 0.15) is 20.3 Å². The fourth-order valence-electron chi connectivity index (χ4n) is 1.15. The molecule has 3 atom stereocenters. The van der Waals surface area contributed by atoms with E-state index in [1.165, 1.54) is 6.92 Å². The van der Waals surface area contributed by atoms with Gasteiger partial charge in [-0.3, -0.25) is 9.59 Å². The Morgan fingerprint density at radius 1 is 1.39 bits per heavy atom. The van der Waals surface area contributed by atoms with Gasteiger partial charge in [0.25, 0.3) is 0 Å². The lowest BCUT2D eigenvalue weighted by atomic mass is 10.1. The molecule has 0 bridgehead atoms. The highest BCUT2D eigenvalue weighted by molar-refractivity contribution is 5.90. The van der Waals surface area contributed by atoms with Crippen LogP contribution in [0.2, 0.25) is 0 Å². The summed E-state index contributed by atoms with van der Waals surface area (Å²) in [4.78, 5) is 33.3. The van der Waals surface area contributed by atoms with Crippen LogP contribution in [0.5, 0.6) is 0 Å². The molecule has 3 unspecified atom stereocenters. The molecule has 0 radical (unpaired) electrons. The Labute approximate surface area is 104 Å². The van der Waals surface area contributed by atoms with E-state index in [1.807, 2.05) is 0 Å². The number of hydrogen-bond acceptors (Lipinski definition) is 6. The smallest absolute Gasteiger partial charge is 0.331 e. The van der Waals surface area contributed by atoms with E-state index >= 15 is 0 Å². The number of amides is 1. The maximum absolute atomic E-state index is 11.5. The molecule has 0 spiro atoms. The Bertz CT molecular complexity index is 317. The molecule has 0 aromatic rings. The van der Waals surface area contributed by atoms with Crippen LogP contribution in [0.4, 0.5) is 0 Å². The fourth-order valence-corrected chi connectivity index (χ4v) is 1.15. The standard InChI is InChI=1S/C10H18N2O6/c1-3-18-10(17)8(5(2)13)12-9(16)6(11)4-7(14)15/h5-6,8,13H,3-4,11H2,1-2H3,(H,12,16)(H,14,15). The molecule has 0 saturated carbocycles. The van der Waals surface area contributed by atoms with Crippen molar-refractivity contribution in [1.82, 2.24) is 5.32 Å². The summed E-state index contributed by atoms with van der Waals surface area (Å²) in [6.07, 6.45) is -1.74. The van der Waals surface area contributed by atoms with Crippen LogP contribution in [0, 0.1) is 0 Å². The first-order valence-electron chi connectivity index (χ1n) is 5.42. The quantitative estimate of drug-likeness (QED) is 0.397. The number of rotatable bonds is 7. The van der Waals surface area contributed by atoms with Gasteiger partial charge in [-0.2, -0.15) is 0 Å². The lowest BCUT2D eigenvalue weighted by Crippen LogP contribution is -2.53. The van der Waals surface area contributed by atoms with Gasteiger partial charge in [-0.15, -0.1) is 0 Å². The van der Waals surface area contributed by atoms with Crippen LogP contribution >= 0.6 is 0 Å². The second-order valence-electron chi connectivity index (χ2n) is 3.68. The first-order chi connectivity index (χ1) is 8.29. The molecule has 104 valence electrons. The van der Waals surface area contributed by atoms with Crippen molar-refractivity contribution in [3.63, 3.8) is 0 Å². The van der Waals surface area contributed by atoms with Crippen molar-refractivity contribution in [1.29, 1.82) is 0 Å². The Kier molecular flexibility index (Phi) is 6.91. The summed E-state index contributed by atoms with van der Waals surface area (Å²) < 4.78 is 4.66. The number of aliphatic hydroxyl groups is 1. The van der Waals surface area contributed by atoms with Gasteiger partial charge in [0.05, 0.1) is 25.2 Å². The Morgan fingerprint density at radius 2 is 1.94 bits per heavy atom. The van der Waals surface area contributed by atoms with Crippen LogP contribution in [0.15, 0.2) is 0 Å². The van der Waals surface area contributed by atoms with E-state index in [-0.39, 0.29) is 6.61 Å². The second kappa shape index (κ2) is 7.62. The maximum Gasteiger partial charge on any atom is 0.331 e. The molecule has 0 aliphatic carbocycles. The van der Waals surface area contributed by atoms with Gasteiger partial charge in [0.1, 0.15) is 0 Å². The van der Waals surface area contributed by atoms with Gasteiger partial charge in [-0.25, -0.2) is 4.79 Å². The van der Waals surface area contributed by atoms with E-state index < -0.39 is 42.5 Å². The lowest BCUT2D eigenvalue weighted by molar-refractivity contribution is -0.150. The normalized spacial score (nSPS) is 15.3. The molecule has 0 rings (SSSR count). The predicted octanol–water partition coefficient (Wildman–Crippen LogP) is -1.78. The summed E-state index contributed by atoms with van der Waals surface area (Å²) in [6, 6.07) is -2.56. The third kappa shape index (κ3) is 5.60. The summed E-state index contributed by atoms with van der Waals surface area (Å²) in [5, 5.41) is 20.0. The van der Waals surface area contributed by atoms with Crippen LogP contribution in [-0.2, 0) is 19.1 Å². The van der Waals surface area contributed by atoms with Gasteiger partial charge < -0.3 is 26.0 Å². The highest BCUT2D eigenvalue weighted by Gasteiger charge is 2.29. The maximum atomic E-state index is 11.5. The number of aliphatic hydroxyl groups excluding tert-OH is 1. The van der Waals surface area contributed by atoms with Gasteiger partial charge in [0, 0.05) is 0 Å². The van der Waals surface area contributed by atoms with E-state index in [0.29, 0.717) is 0 Å². The molecule has 18 heavy (non-hydrogen) atoms. The Morgan fingerprint density at radius 3 is 2.33 bits per heavy atom. The van der Waals surface area contributed by atoms with Crippen molar-refractivity contribution in [2.24, 2.45) is 5.73 Å². The average molecular weight is 262 g/mol. The number of nitrogens with two attached hydrogens (primary N) is 1. The van der Waals surface area contributed by atoms with Crippen LogP contribution in [0.3, 0.4) is 0 Å². The molecule has 1 amide bonds. The summed E-state index contributed by atoms with van der Waals surface area (Å²) >= 11 is 0. The molecule has 0 aromatic heterocycles. The third-order valence-electron chi connectivity index (χ3n) is 2.05. The zero-order valence-electron chi connectivity index (χ0n) is 10.3. The Balaban J connectivity index is 4.54. The Hall–Kier alpha value is -1.67. The van der Waals surface area contributed by atoms with Crippen molar-refractivity contribution >= 4 is 17.8 Å². The first kappa shape index (κ1) is 16.3. The summed E-state index contributed by atoms with van der Waals surface area (Å²) in [7, 11) is 0. The topological polar surface area (TPSA) is 139 Å². The molecule has 0 aliphatic rings. The lowest BCUT2D eigenvalue weighted by Gasteiger charge is -2.21. The SMILES string of the molecule is CCOC(=O)C(NC(=O)C(N)CC(=O)O)C(C)O. The fraction of sp³-hybridized carbons (Fsp3) is 0.700. The second-order valence-corrected chi connectivity index (χ2v) is 3.68. The number of nitrogens with one attached hydrogen (secondary N) is 1. The van der Waals surface area contributed by atoms with Crippen molar-refractivity contribution < 1.29 is 29.3 Å². The number of carbonyl (C=O) groups is 3. The van der Waals surface area contributed by atoms with E-state index in [1.54, 1.807) is 6.92 Å². The van der Waals surface area contributed by atoms with Gasteiger partial charge in [0.2, 0.25) is 5.91 Å². The number of carboxylic acids is 1. The summed E-state index contributed by atoms with van der Waals surface area (Å²) in [6.45, 7) is 2.97. The number of esters is 1. The minimum absolute atomic E-state index is 0.0963. The van der Waals surface area contributed by atoms with E-state index in [9.17, 15) is 19.5 Å². The first-order valence-corrected chi connectivity index (χ1v) is 5.42. The van der Waals surface area contributed by atoms with Crippen molar-refractivity contribution in [2.45, 2.75) is 38.5 Å². The minimum atomic E-state index is -1.29. The monoisotopic (exact) mass is 262 g/mol. The third-order valence-corrected chi connectivity index (χ3v) is 2.05. The molecule has 8 nitrogen and oxygen atoms in total. The zero-order chi connectivity index (χ0) is 14.3. The highest BCUT2D eigenvalue weighted by Crippen LogP contribution is 1.99. The highest BCUT2D eigenvalue weighted by atomic mass is 16.5. The van der Waals surface area contributed by atoms with Gasteiger partial charge in [-0.1, -0.05) is 0 Å². The van der Waals surface area contributed by atoms with Gasteiger partial charge in [-0.05, 0) is 13.8 Å². The molecule has 0 aliphatic heterocycles. The molecule has 0 fully saturated rings. The van der Waals surface area contributed by atoms with E-state index in [4.69, 9.17) is 10.8 Å². The molecule has 5 N–H and O–H groups in total. The van der Waals surface area contributed by atoms with E-state index in [0.717, 1.165) is 0 Å². The number of aliphatic carboxylic acids is 1. The number of ether oxygens (including phenoxy) is 1. The average Bonchev–Trinajstić information content (AvgIpc) is 2.24. The van der Waals surface area contributed by atoms with Crippen LogP contribution < -0.4 is 11.1 Å². The molecular formula is C10H18N2O6. The van der Waals surface area contributed by atoms with Crippen molar-refractivity contribution in [3.8, 4) is 0 Å². The van der Waals surface area contributed by atoms with Crippen molar-refractivity contribution in [2.75, 3.05) is 6.61 Å². The van der Waals surface area contributed by atoms with Gasteiger partial charge in [0.15, 0.2) is 6.04 Å². The molecular weight excluding hydrogens is 244 g/mol. The van der Waals surface area contributed by atoms with E-state index in [2.05, 4.69) is 10.1 Å². The van der Waals surface area contributed by atoms with Gasteiger partial charge >= 0.3 is 11.9 Å². The predicted molar refractivity (Wildman–Crippen MR) is 60.5 cm³/mol.